The van der Waals surface area contributed by atoms with Crippen LogP contribution in [0, 0.1) is 6.92 Å². The molecule has 0 saturated carbocycles. The van der Waals surface area contributed by atoms with E-state index in [9.17, 15) is 22.8 Å². The molecule has 0 aliphatic carbocycles. The van der Waals surface area contributed by atoms with Crippen molar-refractivity contribution in [3.8, 4) is 5.69 Å². The van der Waals surface area contributed by atoms with Gasteiger partial charge in [0.2, 0.25) is 11.1 Å². The minimum atomic E-state index is -4.50. The smallest absolute Gasteiger partial charge is 0.416 e. The molecule has 0 aliphatic heterocycles. The topological polar surface area (TPSA) is 61.2 Å². The van der Waals surface area contributed by atoms with Crippen LogP contribution in [-0.2, 0) is 10.9 Å². The van der Waals surface area contributed by atoms with Crippen LogP contribution in [0.4, 0.5) is 13.2 Å². The van der Waals surface area contributed by atoms with Crippen LogP contribution in [0.15, 0.2) is 35.3 Å². The van der Waals surface area contributed by atoms with E-state index in [1.165, 1.54) is 25.3 Å². The van der Waals surface area contributed by atoms with Crippen molar-refractivity contribution >= 4 is 5.97 Å². The molecule has 8 heteroatoms. The predicted molar refractivity (Wildman–Crippen MR) is 70.9 cm³/mol. The van der Waals surface area contributed by atoms with Gasteiger partial charge in [-0.1, -0.05) is 6.07 Å². The number of alkyl halides is 3. The van der Waals surface area contributed by atoms with Crippen molar-refractivity contribution in [1.82, 2.24) is 9.78 Å². The molecular weight excluding hydrogens is 301 g/mol. The summed E-state index contributed by atoms with van der Waals surface area (Å²) in [6, 6.07) is 4.39. The molecule has 2 rings (SSSR count). The van der Waals surface area contributed by atoms with Gasteiger partial charge in [-0.25, -0.2) is 9.48 Å². The summed E-state index contributed by atoms with van der Waals surface area (Å²) in [4.78, 5) is 23.3. The zero-order chi connectivity index (χ0) is 16.5. The first-order valence-electron chi connectivity index (χ1n) is 6.10. The lowest BCUT2D eigenvalue weighted by molar-refractivity contribution is -0.137. The van der Waals surface area contributed by atoms with Gasteiger partial charge in [0.15, 0.2) is 0 Å². The maximum Gasteiger partial charge on any atom is 0.416 e. The zero-order valence-corrected chi connectivity index (χ0v) is 11.6. The normalized spacial score (nSPS) is 11.3. The molecule has 116 valence electrons. The minimum absolute atomic E-state index is 0.0723. The second-order valence-electron chi connectivity index (χ2n) is 4.47. The highest BCUT2D eigenvalue weighted by atomic mass is 19.4. The number of aromatic nitrogens is 2. The number of methoxy groups -OCH3 is 1. The Morgan fingerprint density at radius 2 is 2.00 bits per heavy atom. The third kappa shape index (κ3) is 3.00. The molecule has 0 bridgehead atoms. The standard InChI is InChI=1S/C14H11F3N2O3/c1-8-7-19(18-11(12(8)20)13(21)22-2)10-5-3-4-9(6-10)14(15,16)17/h3-7H,1-2H3. The molecule has 1 heterocycles. The summed E-state index contributed by atoms with van der Waals surface area (Å²) in [7, 11) is 1.08. The quantitative estimate of drug-likeness (QED) is 0.799. The molecule has 1 aromatic heterocycles. The summed E-state index contributed by atoms with van der Waals surface area (Å²) >= 11 is 0. The Labute approximate surface area is 122 Å². The van der Waals surface area contributed by atoms with Crippen molar-refractivity contribution in [2.45, 2.75) is 13.1 Å². The number of carbonyl (C=O) groups excluding carboxylic acids is 1. The Kier molecular flexibility index (Phi) is 4.03. The first kappa shape index (κ1) is 15.7. The second-order valence-corrected chi connectivity index (χ2v) is 4.47. The number of aryl methyl sites for hydroxylation is 1. The van der Waals surface area contributed by atoms with Crippen LogP contribution in [0.3, 0.4) is 0 Å². The van der Waals surface area contributed by atoms with Crippen molar-refractivity contribution in [2.24, 2.45) is 0 Å². The Balaban J connectivity index is 2.61. The molecule has 0 N–H and O–H groups in total. The molecular formula is C14H11F3N2O3. The van der Waals surface area contributed by atoms with Crippen LogP contribution in [0.2, 0.25) is 0 Å². The van der Waals surface area contributed by atoms with Crippen LogP contribution >= 0.6 is 0 Å². The summed E-state index contributed by atoms with van der Waals surface area (Å²) in [6.07, 6.45) is -3.25. The number of hydrogen-bond donors (Lipinski definition) is 0. The van der Waals surface area contributed by atoms with Crippen LogP contribution in [0.5, 0.6) is 0 Å². The van der Waals surface area contributed by atoms with Crippen molar-refractivity contribution in [3.05, 3.63) is 57.5 Å². The first-order valence-corrected chi connectivity index (χ1v) is 6.10. The SMILES string of the molecule is COC(=O)c1nn(-c2cccc(C(F)(F)F)c2)cc(C)c1=O. The molecule has 0 saturated heterocycles. The fourth-order valence-corrected chi connectivity index (χ4v) is 1.80. The number of esters is 1. The van der Waals surface area contributed by atoms with Crippen LogP contribution in [0.25, 0.3) is 5.69 Å². The Hall–Kier alpha value is -2.64. The molecule has 0 amide bonds. The molecule has 0 unspecified atom stereocenters. The summed E-state index contributed by atoms with van der Waals surface area (Å²) in [5.74, 6) is -0.950. The van der Waals surface area contributed by atoms with Gasteiger partial charge in [0.25, 0.3) is 0 Å². The number of halogens is 3. The minimum Gasteiger partial charge on any atom is -0.464 e. The van der Waals surface area contributed by atoms with E-state index in [1.807, 2.05) is 0 Å². The van der Waals surface area contributed by atoms with Gasteiger partial charge in [-0.3, -0.25) is 4.79 Å². The molecule has 0 radical (unpaired) electrons. The summed E-state index contributed by atoms with van der Waals surface area (Å²) in [6.45, 7) is 1.43. The highest BCUT2D eigenvalue weighted by Crippen LogP contribution is 2.30. The molecule has 0 spiro atoms. The van der Waals surface area contributed by atoms with Gasteiger partial charge < -0.3 is 4.74 Å². The van der Waals surface area contributed by atoms with Crippen molar-refractivity contribution in [2.75, 3.05) is 7.11 Å². The van der Waals surface area contributed by atoms with Gasteiger partial charge in [0, 0.05) is 11.8 Å². The largest absolute Gasteiger partial charge is 0.464 e. The van der Waals surface area contributed by atoms with Gasteiger partial charge in [0.05, 0.1) is 18.4 Å². The van der Waals surface area contributed by atoms with E-state index >= 15 is 0 Å². The molecule has 0 aliphatic rings. The third-order valence-electron chi connectivity index (χ3n) is 2.91. The third-order valence-corrected chi connectivity index (χ3v) is 2.91. The van der Waals surface area contributed by atoms with E-state index in [-0.39, 0.29) is 11.3 Å². The Morgan fingerprint density at radius 3 is 2.59 bits per heavy atom. The van der Waals surface area contributed by atoms with E-state index in [0.717, 1.165) is 23.9 Å². The number of carbonyl (C=O) groups is 1. The monoisotopic (exact) mass is 312 g/mol. The number of benzene rings is 1. The predicted octanol–water partition coefficient (Wildman–Crippen LogP) is 2.35. The highest BCUT2D eigenvalue weighted by molar-refractivity contribution is 5.87. The zero-order valence-electron chi connectivity index (χ0n) is 11.6. The van der Waals surface area contributed by atoms with Crippen LogP contribution in [-0.4, -0.2) is 22.9 Å². The number of hydrogen-bond acceptors (Lipinski definition) is 4. The molecule has 0 atom stereocenters. The molecule has 5 nitrogen and oxygen atoms in total. The van der Waals surface area contributed by atoms with E-state index in [2.05, 4.69) is 9.84 Å². The maximum absolute atomic E-state index is 12.7. The summed E-state index contributed by atoms with van der Waals surface area (Å²) in [5.41, 5.74) is -1.74. The lowest BCUT2D eigenvalue weighted by atomic mass is 10.2. The number of rotatable bonds is 2. The van der Waals surface area contributed by atoms with E-state index in [4.69, 9.17) is 0 Å². The van der Waals surface area contributed by atoms with E-state index in [1.54, 1.807) is 0 Å². The summed E-state index contributed by atoms with van der Waals surface area (Å²) < 4.78 is 43.7. The Bertz CT molecular complexity index is 782. The van der Waals surface area contributed by atoms with E-state index in [0.29, 0.717) is 0 Å². The van der Waals surface area contributed by atoms with Gasteiger partial charge in [-0.05, 0) is 25.1 Å². The summed E-state index contributed by atoms with van der Waals surface area (Å²) in [5, 5.41) is 3.76. The van der Waals surface area contributed by atoms with Gasteiger partial charge in [-0.15, -0.1) is 0 Å². The van der Waals surface area contributed by atoms with Gasteiger partial charge in [0.1, 0.15) is 0 Å². The second kappa shape index (κ2) is 5.63. The average Bonchev–Trinajstić information content (AvgIpc) is 2.48. The van der Waals surface area contributed by atoms with Crippen LogP contribution in [0.1, 0.15) is 21.6 Å². The number of ether oxygens (including phenoxy) is 1. The maximum atomic E-state index is 12.7. The first-order chi connectivity index (χ1) is 10.2. The lowest BCUT2D eigenvalue weighted by Crippen LogP contribution is -2.24. The number of nitrogens with zero attached hydrogens (tertiary/aromatic N) is 2. The molecule has 2 aromatic rings. The van der Waals surface area contributed by atoms with Crippen molar-refractivity contribution < 1.29 is 22.7 Å². The van der Waals surface area contributed by atoms with E-state index < -0.39 is 28.8 Å². The fraction of sp³-hybridized carbons (Fsp3) is 0.214. The Morgan fingerprint density at radius 1 is 1.32 bits per heavy atom. The lowest BCUT2D eigenvalue weighted by Gasteiger charge is -2.11. The fourth-order valence-electron chi connectivity index (χ4n) is 1.80. The van der Waals surface area contributed by atoms with Crippen molar-refractivity contribution in [3.63, 3.8) is 0 Å². The highest BCUT2D eigenvalue weighted by Gasteiger charge is 2.30. The van der Waals surface area contributed by atoms with Gasteiger partial charge >= 0.3 is 12.1 Å². The molecule has 22 heavy (non-hydrogen) atoms. The average molecular weight is 312 g/mol. The van der Waals surface area contributed by atoms with Crippen LogP contribution < -0.4 is 5.43 Å². The van der Waals surface area contributed by atoms with Gasteiger partial charge in [-0.2, -0.15) is 18.3 Å². The molecule has 0 fully saturated rings. The van der Waals surface area contributed by atoms with Crippen molar-refractivity contribution in [1.29, 1.82) is 0 Å². The molecule has 1 aromatic carbocycles.